The molecule has 0 aromatic carbocycles. The van der Waals surface area contributed by atoms with E-state index in [0.29, 0.717) is 0 Å². The van der Waals surface area contributed by atoms with Gasteiger partial charge in [0.05, 0.1) is 6.42 Å². The Balaban J connectivity index is 4.38. The van der Waals surface area contributed by atoms with Gasteiger partial charge in [-0.25, -0.2) is 4.79 Å². The molecular formula is C11H22N2O4. The minimum absolute atomic E-state index is 0.232. The third-order valence-corrected chi connectivity index (χ3v) is 2.25. The van der Waals surface area contributed by atoms with Crippen LogP contribution in [-0.2, 0) is 9.53 Å². The molecule has 0 aliphatic carbocycles. The maximum atomic E-state index is 11.5. The molecule has 0 radical (unpaired) electrons. The van der Waals surface area contributed by atoms with Gasteiger partial charge >= 0.3 is 12.1 Å². The lowest BCUT2D eigenvalue weighted by Crippen LogP contribution is -2.56. The van der Waals surface area contributed by atoms with Crippen molar-refractivity contribution in [3.63, 3.8) is 0 Å². The van der Waals surface area contributed by atoms with E-state index in [4.69, 9.17) is 15.6 Å². The first-order valence-corrected chi connectivity index (χ1v) is 5.44. The molecule has 17 heavy (non-hydrogen) atoms. The summed E-state index contributed by atoms with van der Waals surface area (Å²) in [6.45, 7) is 8.46. The molecule has 2 atom stereocenters. The fraction of sp³-hybridized carbons (Fsp3) is 0.818. The molecule has 0 heterocycles. The highest BCUT2D eigenvalue weighted by molar-refractivity contribution is 5.70. The Labute approximate surface area is 102 Å². The van der Waals surface area contributed by atoms with Crippen LogP contribution in [0.25, 0.3) is 0 Å². The number of carboxylic acid groups (broad SMARTS) is 1. The topological polar surface area (TPSA) is 102 Å². The number of carbonyl (C=O) groups is 2. The molecule has 0 aliphatic rings. The number of aliphatic carboxylic acids is 1. The van der Waals surface area contributed by atoms with Gasteiger partial charge in [-0.15, -0.1) is 0 Å². The van der Waals surface area contributed by atoms with Gasteiger partial charge in [0.25, 0.3) is 0 Å². The van der Waals surface area contributed by atoms with Crippen LogP contribution in [0.5, 0.6) is 0 Å². The first kappa shape index (κ1) is 15.7. The highest BCUT2D eigenvalue weighted by Crippen LogP contribution is 2.13. The zero-order chi connectivity index (χ0) is 13.9. The molecule has 0 aromatic heterocycles. The summed E-state index contributed by atoms with van der Waals surface area (Å²) in [7, 11) is 0. The number of rotatable bonds is 4. The first-order chi connectivity index (χ1) is 7.44. The van der Waals surface area contributed by atoms with E-state index in [9.17, 15) is 9.59 Å². The van der Waals surface area contributed by atoms with Crippen molar-refractivity contribution in [2.75, 3.05) is 0 Å². The fourth-order valence-electron chi connectivity index (χ4n) is 1.13. The second-order valence-electron chi connectivity index (χ2n) is 5.44. The largest absolute Gasteiger partial charge is 0.481 e. The Morgan fingerprint density at radius 2 is 1.82 bits per heavy atom. The molecule has 0 aromatic rings. The molecule has 0 aliphatic heterocycles. The normalized spacial score (nSPS) is 16.8. The average molecular weight is 246 g/mol. The Morgan fingerprint density at radius 3 is 2.18 bits per heavy atom. The Kier molecular flexibility index (Phi) is 4.94. The van der Waals surface area contributed by atoms with Crippen molar-refractivity contribution < 1.29 is 19.4 Å². The number of nitrogens with two attached hydrogens (primary N) is 1. The highest BCUT2D eigenvalue weighted by atomic mass is 16.6. The van der Waals surface area contributed by atoms with Gasteiger partial charge < -0.3 is 20.9 Å². The molecule has 0 saturated carbocycles. The fourth-order valence-corrected chi connectivity index (χ4v) is 1.13. The summed E-state index contributed by atoms with van der Waals surface area (Å²) in [5.74, 6) is -1.01. The first-order valence-electron chi connectivity index (χ1n) is 5.44. The predicted molar refractivity (Wildman–Crippen MR) is 63.7 cm³/mol. The van der Waals surface area contributed by atoms with Gasteiger partial charge in [0.1, 0.15) is 5.60 Å². The minimum Gasteiger partial charge on any atom is -0.481 e. The van der Waals surface area contributed by atoms with Gasteiger partial charge in [0, 0.05) is 11.6 Å². The van der Waals surface area contributed by atoms with Crippen molar-refractivity contribution in [3.8, 4) is 0 Å². The summed E-state index contributed by atoms with van der Waals surface area (Å²) >= 11 is 0. The molecule has 6 heteroatoms. The lowest BCUT2D eigenvalue weighted by Gasteiger charge is -2.31. The molecule has 0 rings (SSSR count). The summed E-state index contributed by atoms with van der Waals surface area (Å²) in [5.41, 5.74) is 4.20. The lowest BCUT2D eigenvalue weighted by atomic mass is 9.91. The third kappa shape index (κ3) is 6.78. The van der Waals surface area contributed by atoms with Crippen molar-refractivity contribution in [3.05, 3.63) is 0 Å². The van der Waals surface area contributed by atoms with Crippen LogP contribution in [0.15, 0.2) is 0 Å². The Bertz CT molecular complexity index is 294. The van der Waals surface area contributed by atoms with E-state index in [-0.39, 0.29) is 6.42 Å². The van der Waals surface area contributed by atoms with Crippen LogP contribution in [0.3, 0.4) is 0 Å². The van der Waals surface area contributed by atoms with E-state index in [1.54, 1.807) is 34.6 Å². The van der Waals surface area contributed by atoms with Crippen LogP contribution < -0.4 is 11.1 Å². The zero-order valence-corrected chi connectivity index (χ0v) is 11.0. The van der Waals surface area contributed by atoms with Gasteiger partial charge in [-0.1, -0.05) is 0 Å². The number of nitrogens with one attached hydrogen (secondary N) is 1. The van der Waals surface area contributed by atoms with Crippen LogP contribution in [0.1, 0.15) is 41.0 Å². The van der Waals surface area contributed by atoms with Crippen molar-refractivity contribution in [2.24, 2.45) is 5.73 Å². The van der Waals surface area contributed by atoms with Crippen molar-refractivity contribution in [2.45, 2.75) is 58.2 Å². The molecule has 2 unspecified atom stereocenters. The smallest absolute Gasteiger partial charge is 0.407 e. The number of hydrogen-bond donors (Lipinski definition) is 3. The van der Waals surface area contributed by atoms with E-state index in [0.717, 1.165) is 0 Å². The monoisotopic (exact) mass is 246 g/mol. The summed E-state index contributed by atoms with van der Waals surface area (Å²) in [6.07, 6.45) is -0.837. The Morgan fingerprint density at radius 1 is 1.35 bits per heavy atom. The van der Waals surface area contributed by atoms with Crippen LogP contribution in [0.2, 0.25) is 0 Å². The van der Waals surface area contributed by atoms with Gasteiger partial charge in [0.2, 0.25) is 0 Å². The molecule has 0 fully saturated rings. The van der Waals surface area contributed by atoms with Crippen LogP contribution >= 0.6 is 0 Å². The van der Waals surface area contributed by atoms with E-state index >= 15 is 0 Å². The zero-order valence-electron chi connectivity index (χ0n) is 11.0. The van der Waals surface area contributed by atoms with Crippen molar-refractivity contribution >= 4 is 12.1 Å². The number of amides is 1. The molecule has 1 amide bonds. The molecule has 100 valence electrons. The second kappa shape index (κ2) is 5.35. The quantitative estimate of drug-likeness (QED) is 0.689. The summed E-state index contributed by atoms with van der Waals surface area (Å²) < 4.78 is 5.06. The number of ether oxygens (including phenoxy) is 1. The third-order valence-electron chi connectivity index (χ3n) is 2.25. The molecule has 0 spiro atoms. The van der Waals surface area contributed by atoms with Gasteiger partial charge in [-0.2, -0.15) is 0 Å². The highest BCUT2D eigenvalue weighted by Gasteiger charge is 2.31. The van der Waals surface area contributed by atoms with E-state index in [2.05, 4.69) is 5.32 Å². The number of alkyl carbamates (subject to hydrolysis) is 1. The molecule has 0 saturated heterocycles. The summed E-state index contributed by atoms with van der Waals surface area (Å²) in [6, 6.07) is -0.506. The number of hydrogen-bond acceptors (Lipinski definition) is 4. The van der Waals surface area contributed by atoms with Gasteiger partial charge in [-0.3, -0.25) is 4.79 Å². The van der Waals surface area contributed by atoms with Gasteiger partial charge in [0.15, 0.2) is 0 Å². The summed E-state index contributed by atoms with van der Waals surface area (Å²) in [5, 5.41) is 11.2. The second-order valence-corrected chi connectivity index (χ2v) is 5.44. The number of carbonyl (C=O) groups excluding carboxylic acids is 1. The molecule has 0 bridgehead atoms. The standard InChI is InChI=1S/C11H22N2O4/c1-7(11(5,12)6-8(14)15)13-9(16)17-10(2,3)4/h7H,6,12H2,1-5H3,(H,13,16)(H,14,15). The van der Waals surface area contributed by atoms with Crippen molar-refractivity contribution in [1.29, 1.82) is 0 Å². The van der Waals surface area contributed by atoms with Crippen molar-refractivity contribution in [1.82, 2.24) is 5.32 Å². The SMILES string of the molecule is CC(NC(=O)OC(C)(C)C)C(C)(N)CC(=O)O. The number of carboxylic acids is 1. The molecule has 6 nitrogen and oxygen atoms in total. The van der Waals surface area contributed by atoms with E-state index in [1.807, 2.05) is 0 Å². The minimum atomic E-state index is -1.03. The molecular weight excluding hydrogens is 224 g/mol. The maximum absolute atomic E-state index is 11.5. The van der Waals surface area contributed by atoms with Crippen LogP contribution in [-0.4, -0.2) is 34.4 Å². The predicted octanol–water partition coefficient (Wildman–Crippen LogP) is 1.09. The Hall–Kier alpha value is -1.30. The van der Waals surface area contributed by atoms with Crippen LogP contribution in [0.4, 0.5) is 4.79 Å². The maximum Gasteiger partial charge on any atom is 0.407 e. The summed E-state index contributed by atoms with van der Waals surface area (Å²) in [4.78, 5) is 22.1. The van der Waals surface area contributed by atoms with Gasteiger partial charge in [-0.05, 0) is 34.6 Å². The van der Waals surface area contributed by atoms with E-state index in [1.165, 1.54) is 0 Å². The lowest BCUT2D eigenvalue weighted by molar-refractivity contribution is -0.138. The molecule has 4 N–H and O–H groups in total. The average Bonchev–Trinajstić information content (AvgIpc) is 1.96. The van der Waals surface area contributed by atoms with Crippen LogP contribution in [0, 0.1) is 0 Å². The van der Waals surface area contributed by atoms with E-state index < -0.39 is 29.2 Å².